The van der Waals surface area contributed by atoms with E-state index in [9.17, 15) is 35.9 Å². The Balaban J connectivity index is 1.56. The Morgan fingerprint density at radius 1 is 0.727 bits per heavy atom. The van der Waals surface area contributed by atoms with Crippen molar-refractivity contribution >= 4 is 23.3 Å². The lowest BCUT2D eigenvalue weighted by Crippen LogP contribution is -2.43. The van der Waals surface area contributed by atoms with Crippen molar-refractivity contribution in [2.45, 2.75) is 159 Å². The fourth-order valence-corrected chi connectivity index (χ4v) is 9.24. The molecular weight excluding hydrogens is 604 g/mol. The van der Waals surface area contributed by atoms with E-state index in [2.05, 4.69) is 0 Å². The molecule has 256 valence electrons. The number of carbonyl (C=O) groups is 2. The van der Waals surface area contributed by atoms with Gasteiger partial charge >= 0.3 is 12.4 Å². The van der Waals surface area contributed by atoms with E-state index < -0.39 is 42.3 Å². The summed E-state index contributed by atoms with van der Waals surface area (Å²) >= 11 is 1.64. The average molecular weight is 658 g/mol. The molecule has 3 aliphatic carbocycles. The second-order valence-corrected chi connectivity index (χ2v) is 15.1. The van der Waals surface area contributed by atoms with Crippen molar-refractivity contribution in [1.29, 1.82) is 0 Å². The van der Waals surface area contributed by atoms with Gasteiger partial charge in [-0.1, -0.05) is 26.7 Å². The van der Waals surface area contributed by atoms with E-state index in [-0.39, 0.29) is 73.3 Å². The molecule has 3 rings (SSSR count). The van der Waals surface area contributed by atoms with Gasteiger partial charge in [-0.05, 0) is 94.1 Å². The minimum absolute atomic E-state index is 0.0245. The summed E-state index contributed by atoms with van der Waals surface area (Å²) in [6.07, 6.45) is -1.98. The van der Waals surface area contributed by atoms with Crippen LogP contribution in [-0.2, 0) is 14.3 Å². The molecule has 0 radical (unpaired) electrons. The number of Topliss-reactive ketones (excluding diaryl/α,β-unsaturated/α-hetero) is 2. The summed E-state index contributed by atoms with van der Waals surface area (Å²) in [5.74, 6) is -2.85. The lowest BCUT2D eigenvalue weighted by molar-refractivity contribution is -0.198. The first kappa shape index (κ1) is 37.6. The topological polar surface area (TPSA) is 69.4 Å². The molecule has 44 heavy (non-hydrogen) atoms. The summed E-state index contributed by atoms with van der Waals surface area (Å²) in [5, 5.41) is -0.140. The monoisotopic (exact) mass is 657 g/mol. The first-order valence-corrected chi connectivity index (χ1v) is 17.9. The van der Waals surface area contributed by atoms with Gasteiger partial charge in [-0.2, -0.15) is 38.1 Å². The number of carbonyl (C=O) groups excluding carboxylic acids is 2. The number of unbranched alkanes of at least 4 members (excludes halogenated alkanes) is 2. The van der Waals surface area contributed by atoms with E-state index in [1.165, 1.54) is 0 Å². The molecule has 0 aromatic heterocycles. The number of hydrogen-bond acceptors (Lipinski definition) is 5. The molecule has 2 N–H and O–H groups in total. The van der Waals surface area contributed by atoms with Gasteiger partial charge in [0.1, 0.15) is 11.6 Å². The molecule has 3 fully saturated rings. The van der Waals surface area contributed by atoms with Crippen LogP contribution >= 0.6 is 11.8 Å². The predicted molar refractivity (Wildman–Crippen MR) is 162 cm³/mol. The Morgan fingerprint density at radius 2 is 1.32 bits per heavy atom. The van der Waals surface area contributed by atoms with E-state index in [4.69, 9.17) is 10.5 Å². The third-order valence-electron chi connectivity index (χ3n) is 9.98. The van der Waals surface area contributed by atoms with Gasteiger partial charge < -0.3 is 10.5 Å². The van der Waals surface area contributed by atoms with Gasteiger partial charge in [0.2, 0.25) is 0 Å². The van der Waals surface area contributed by atoms with Crippen molar-refractivity contribution in [2.24, 2.45) is 35.3 Å². The molecule has 0 spiro atoms. The number of hydrogen-bond donors (Lipinski definition) is 1. The third-order valence-corrected chi connectivity index (χ3v) is 11.8. The Labute approximate surface area is 263 Å². The molecule has 4 nitrogen and oxygen atoms in total. The van der Waals surface area contributed by atoms with Crippen LogP contribution in [0.2, 0.25) is 0 Å². The molecule has 7 atom stereocenters. The maximum absolute atomic E-state index is 14.0. The molecule has 0 bridgehead atoms. The summed E-state index contributed by atoms with van der Waals surface area (Å²) in [5.41, 5.74) is 5.90. The summed E-state index contributed by atoms with van der Waals surface area (Å²) in [6, 6.07) is -0.538. The van der Waals surface area contributed by atoms with Crippen LogP contribution in [0.15, 0.2) is 0 Å². The molecule has 3 aliphatic rings. The lowest BCUT2D eigenvalue weighted by Gasteiger charge is -2.42. The summed E-state index contributed by atoms with van der Waals surface area (Å²) in [6.45, 7) is 4.07. The number of thioether (sulfide) groups is 1. The van der Waals surface area contributed by atoms with Gasteiger partial charge in [0, 0.05) is 37.0 Å². The average Bonchev–Trinajstić information content (AvgIpc) is 2.92. The maximum Gasteiger partial charge on any atom is 0.391 e. The van der Waals surface area contributed by atoms with E-state index in [0.29, 0.717) is 44.9 Å². The van der Waals surface area contributed by atoms with Crippen molar-refractivity contribution in [3.63, 3.8) is 0 Å². The van der Waals surface area contributed by atoms with Gasteiger partial charge in [-0.25, -0.2) is 0 Å². The van der Waals surface area contributed by atoms with E-state index in [0.717, 1.165) is 31.4 Å². The molecule has 0 saturated heterocycles. The van der Waals surface area contributed by atoms with E-state index in [1.807, 2.05) is 13.8 Å². The normalized spacial score (nSPS) is 33.7. The van der Waals surface area contributed by atoms with Crippen LogP contribution < -0.4 is 5.73 Å². The smallest absolute Gasteiger partial charge is 0.375 e. The fourth-order valence-electron chi connectivity index (χ4n) is 7.77. The molecular formula is C33H53F6NO3S. The molecule has 7 unspecified atom stereocenters. The number of alkyl halides is 6. The van der Waals surface area contributed by atoms with Crippen LogP contribution in [0.3, 0.4) is 0 Å². The van der Waals surface area contributed by atoms with E-state index in [1.54, 1.807) is 11.8 Å². The van der Waals surface area contributed by atoms with Gasteiger partial charge in [-0.3, -0.25) is 9.59 Å². The highest BCUT2D eigenvalue weighted by atomic mass is 32.2. The van der Waals surface area contributed by atoms with Crippen molar-refractivity contribution in [3.8, 4) is 0 Å². The second kappa shape index (κ2) is 17.4. The quantitative estimate of drug-likeness (QED) is 0.141. The van der Waals surface area contributed by atoms with Crippen LogP contribution in [0.4, 0.5) is 26.3 Å². The summed E-state index contributed by atoms with van der Waals surface area (Å²) < 4.78 is 88.0. The Kier molecular flexibility index (Phi) is 14.9. The Morgan fingerprint density at radius 3 is 1.89 bits per heavy atom. The molecule has 0 aliphatic heterocycles. The highest BCUT2D eigenvalue weighted by Crippen LogP contribution is 2.49. The third kappa shape index (κ3) is 12.1. The zero-order valence-electron chi connectivity index (χ0n) is 26.4. The molecule has 0 amide bonds. The second-order valence-electron chi connectivity index (χ2n) is 13.8. The van der Waals surface area contributed by atoms with Crippen LogP contribution in [-0.4, -0.2) is 53.2 Å². The van der Waals surface area contributed by atoms with Gasteiger partial charge in [0.05, 0.1) is 24.0 Å². The Hall–Kier alpha value is -0.810. The van der Waals surface area contributed by atoms with Crippen molar-refractivity contribution < 1.29 is 40.7 Å². The van der Waals surface area contributed by atoms with Crippen LogP contribution in [0, 0.1) is 29.6 Å². The number of nitrogens with two attached hydrogens (primary N) is 1. The van der Waals surface area contributed by atoms with Crippen molar-refractivity contribution in [2.75, 3.05) is 5.75 Å². The number of ether oxygens (including phenoxy) is 1. The van der Waals surface area contributed by atoms with E-state index >= 15 is 0 Å². The fraction of sp³-hybridized carbons (Fsp3) is 0.939. The minimum Gasteiger partial charge on any atom is -0.375 e. The highest BCUT2D eigenvalue weighted by molar-refractivity contribution is 7.99. The Bertz CT molecular complexity index is 892. The maximum atomic E-state index is 14.0. The zero-order chi connectivity index (χ0) is 32.5. The molecule has 3 saturated carbocycles. The molecule has 0 aromatic rings. The SMILES string of the molecule is CCCCCC(=O)CC1CC(C(F)(F)F)CC(CC(=O)CC2CCC(OC3CC(N)CC(C(F)(F)F)C3)CC2)C1SCCC. The highest BCUT2D eigenvalue weighted by Gasteiger charge is 2.49. The van der Waals surface area contributed by atoms with Crippen molar-refractivity contribution in [1.82, 2.24) is 0 Å². The lowest BCUT2D eigenvalue weighted by atomic mass is 9.70. The van der Waals surface area contributed by atoms with Crippen molar-refractivity contribution in [3.05, 3.63) is 0 Å². The number of ketones is 2. The number of rotatable bonds is 15. The van der Waals surface area contributed by atoms with Gasteiger partial charge in [0.15, 0.2) is 0 Å². The zero-order valence-corrected chi connectivity index (χ0v) is 27.2. The van der Waals surface area contributed by atoms with Gasteiger partial charge in [0.25, 0.3) is 0 Å². The molecule has 0 aromatic carbocycles. The van der Waals surface area contributed by atoms with Crippen LogP contribution in [0.25, 0.3) is 0 Å². The first-order valence-electron chi connectivity index (χ1n) is 16.9. The minimum atomic E-state index is -4.36. The van der Waals surface area contributed by atoms with Crippen LogP contribution in [0.5, 0.6) is 0 Å². The predicted octanol–water partition coefficient (Wildman–Crippen LogP) is 9.23. The summed E-state index contributed by atoms with van der Waals surface area (Å²) in [4.78, 5) is 26.1. The standard InChI is InChI=1S/C33H53F6NO3S/c1-3-5-6-7-27(41)16-22-14-24(32(34,35)36)15-23(31(22)44-12-4-2)17-28(42)13-21-8-10-29(11-9-21)43-30-19-25(33(37,38)39)18-26(40)20-30/h21-26,29-31H,3-20,40H2,1-2H3. The molecule has 0 heterocycles. The number of halogens is 6. The van der Waals surface area contributed by atoms with Gasteiger partial charge in [-0.15, -0.1) is 0 Å². The first-order chi connectivity index (χ1) is 20.7. The molecule has 11 heteroatoms. The van der Waals surface area contributed by atoms with Crippen LogP contribution in [0.1, 0.15) is 123 Å². The largest absolute Gasteiger partial charge is 0.391 e. The summed E-state index contributed by atoms with van der Waals surface area (Å²) in [7, 11) is 0.